The number of anilines is 2. The van der Waals surface area contributed by atoms with Gasteiger partial charge in [0.1, 0.15) is 11.9 Å². The van der Waals surface area contributed by atoms with E-state index in [0.717, 1.165) is 48.1 Å². The molecule has 1 atom stereocenters. The molecule has 0 saturated carbocycles. The number of nitrogens with zero attached hydrogens (tertiary/aromatic N) is 3. The van der Waals surface area contributed by atoms with Crippen molar-refractivity contribution in [3.63, 3.8) is 0 Å². The van der Waals surface area contributed by atoms with E-state index in [9.17, 15) is 17.6 Å². The average molecular weight is 547 g/mol. The summed E-state index contributed by atoms with van der Waals surface area (Å²) in [6.07, 6.45) is 1.69. The molecule has 1 amide bonds. The van der Waals surface area contributed by atoms with Crippen molar-refractivity contribution in [1.82, 2.24) is 9.62 Å². The first-order valence-corrected chi connectivity index (χ1v) is 14.4. The second-order valence-corrected chi connectivity index (χ2v) is 12.1. The molecule has 0 bridgehead atoms. The maximum Gasteiger partial charge on any atom is 0.263 e. The summed E-state index contributed by atoms with van der Waals surface area (Å²) in [5.74, 6) is -0.209. The molecule has 2 aromatic rings. The molecule has 2 aromatic carbocycles. The van der Waals surface area contributed by atoms with E-state index in [0.29, 0.717) is 26.2 Å². The van der Waals surface area contributed by atoms with Crippen molar-refractivity contribution >= 4 is 49.3 Å². The minimum Gasteiger partial charge on any atom is -0.368 e. The van der Waals surface area contributed by atoms with E-state index in [1.165, 1.54) is 25.1 Å². The summed E-state index contributed by atoms with van der Waals surface area (Å²) in [4.78, 5) is 19.4. The molecular weight excluding hydrogens is 515 g/mol. The molecule has 0 radical (unpaired) electrons. The average Bonchev–Trinajstić information content (AvgIpc) is 2.86. The van der Waals surface area contributed by atoms with Crippen LogP contribution in [0.1, 0.15) is 25.8 Å². The van der Waals surface area contributed by atoms with E-state index in [1.54, 1.807) is 24.3 Å². The zero-order chi connectivity index (χ0) is 26.7. The normalized spacial score (nSPS) is 16.7. The highest BCUT2D eigenvalue weighted by Crippen LogP contribution is 2.30. The first-order valence-electron chi connectivity index (χ1n) is 12.1. The number of sulfonamides is 1. The Morgan fingerprint density at radius 2 is 1.73 bits per heavy atom. The number of carbonyl (C=O) groups is 1. The van der Waals surface area contributed by atoms with Gasteiger partial charge < -0.3 is 14.7 Å². The predicted molar refractivity (Wildman–Crippen MR) is 146 cm³/mol. The lowest BCUT2D eigenvalue weighted by molar-refractivity contribution is -0.132. The van der Waals surface area contributed by atoms with Crippen LogP contribution in [0, 0.1) is 16.6 Å². The molecule has 4 rings (SSSR count). The molecule has 198 valence electrons. The van der Waals surface area contributed by atoms with Crippen LogP contribution in [0.15, 0.2) is 47.4 Å². The lowest BCUT2D eigenvalue weighted by Gasteiger charge is -2.41. The van der Waals surface area contributed by atoms with Crippen LogP contribution in [0.2, 0.25) is 0 Å². The number of thioether (sulfide) groups is 1. The number of amidine groups is 1. The third-order valence-corrected chi connectivity index (χ3v) is 8.71. The molecule has 2 aliphatic rings. The second-order valence-electron chi connectivity index (χ2n) is 9.15. The minimum atomic E-state index is -3.91. The number of fused-ring (bicyclic) bond motifs is 1. The number of halogens is 1. The maximum atomic E-state index is 13.7. The minimum absolute atomic E-state index is 0.0357. The third-order valence-electron chi connectivity index (χ3n) is 6.61. The van der Waals surface area contributed by atoms with Crippen LogP contribution in [0.3, 0.4) is 0 Å². The summed E-state index contributed by atoms with van der Waals surface area (Å²) in [6.45, 7) is 6.47. The topological polar surface area (TPSA) is 121 Å². The molecule has 0 spiro atoms. The van der Waals surface area contributed by atoms with Crippen LogP contribution in [-0.2, 0) is 21.2 Å². The van der Waals surface area contributed by atoms with Gasteiger partial charge in [0.05, 0.1) is 9.94 Å². The van der Waals surface area contributed by atoms with Crippen LogP contribution < -0.4 is 14.5 Å². The number of hydrogen-bond acceptors (Lipinski definition) is 8. The molecule has 1 saturated heterocycles. The highest BCUT2D eigenvalue weighted by atomic mass is 32.2. The lowest BCUT2D eigenvalue weighted by Crippen LogP contribution is -2.55. The number of aryl methyl sites for hydroxylation is 1. The van der Waals surface area contributed by atoms with E-state index < -0.39 is 10.0 Å². The molecular formula is C25H31FN6O3S2. The Balaban J connectivity index is 1.35. The Morgan fingerprint density at radius 3 is 2.38 bits per heavy atom. The van der Waals surface area contributed by atoms with Crippen LogP contribution in [0.4, 0.5) is 15.8 Å². The van der Waals surface area contributed by atoms with E-state index in [1.807, 2.05) is 11.8 Å². The number of rotatable bonds is 5. The predicted octanol–water partition coefficient (Wildman–Crippen LogP) is 3.26. The van der Waals surface area contributed by atoms with Gasteiger partial charge in [-0.05, 0) is 86.5 Å². The molecule has 9 nitrogen and oxygen atoms in total. The zero-order valence-corrected chi connectivity index (χ0v) is 22.5. The summed E-state index contributed by atoms with van der Waals surface area (Å²) in [5.41, 5.74) is 2.72. The fraction of sp³-hybridized carbons (Fsp3) is 0.400. The molecule has 0 aliphatic carbocycles. The summed E-state index contributed by atoms with van der Waals surface area (Å²) in [6, 6.07) is 10.8. The zero-order valence-electron chi connectivity index (χ0n) is 20.8. The number of amides is 1. The third kappa shape index (κ3) is 6.24. The highest BCUT2D eigenvalue weighted by Gasteiger charge is 2.31. The summed E-state index contributed by atoms with van der Waals surface area (Å²) >= 11 is 0.730. The van der Waals surface area contributed by atoms with Crippen molar-refractivity contribution in [2.24, 2.45) is 0 Å². The Hall–Kier alpha value is -3.12. The van der Waals surface area contributed by atoms with E-state index >= 15 is 0 Å². The monoisotopic (exact) mass is 546 g/mol. The van der Waals surface area contributed by atoms with Crippen LogP contribution >= 0.6 is 11.8 Å². The Labute approximate surface area is 221 Å². The number of carbonyl (C=O) groups excluding carboxylic acids is 1. The Kier molecular flexibility index (Phi) is 8.08. The molecule has 2 heterocycles. The van der Waals surface area contributed by atoms with Crippen molar-refractivity contribution in [3.05, 3.63) is 53.8 Å². The summed E-state index contributed by atoms with van der Waals surface area (Å²) < 4.78 is 40.8. The molecule has 3 N–H and O–H groups in total. The smallest absolute Gasteiger partial charge is 0.263 e. The number of nitrogens with one attached hydrogen (secondary N) is 3. The fourth-order valence-corrected chi connectivity index (χ4v) is 6.43. The number of piperazine rings is 1. The first-order chi connectivity index (χ1) is 17.5. The van der Waals surface area contributed by atoms with Gasteiger partial charge in [-0.25, -0.2) is 12.8 Å². The second kappa shape index (κ2) is 11.1. The van der Waals surface area contributed by atoms with Crippen molar-refractivity contribution in [2.45, 2.75) is 37.6 Å². The van der Waals surface area contributed by atoms with Gasteiger partial charge in [0, 0.05) is 44.1 Å². The van der Waals surface area contributed by atoms with Gasteiger partial charge in [-0.2, -0.15) is 0 Å². The Morgan fingerprint density at radius 1 is 1.05 bits per heavy atom. The first kappa shape index (κ1) is 26.9. The summed E-state index contributed by atoms with van der Waals surface area (Å²) in [7, 11) is -3.91. The molecule has 12 heteroatoms. The Bertz CT molecular complexity index is 1290. The molecule has 0 aromatic heterocycles. The standard InChI is InChI=1S/C25H31FN6O3S2/c1-17(32-11-3-4-19-16-20(26)5-10-23(19)32)24(33)31-14-12-30(13-15-31)21-6-8-22(9-7-21)37(34,35)29-25(28)36-18(2)27/h5-10,16-17,27H,3-4,11-15H2,1-2H3,(H2,28,29)/t17-/m1/s1. The van der Waals surface area contributed by atoms with Crippen LogP contribution in [0.5, 0.6) is 0 Å². The van der Waals surface area contributed by atoms with Crippen LogP contribution in [0.25, 0.3) is 0 Å². The largest absolute Gasteiger partial charge is 0.368 e. The van der Waals surface area contributed by atoms with Gasteiger partial charge in [0.2, 0.25) is 5.91 Å². The molecule has 1 fully saturated rings. The van der Waals surface area contributed by atoms with E-state index in [2.05, 4.69) is 14.5 Å². The highest BCUT2D eigenvalue weighted by molar-refractivity contribution is 8.26. The fourth-order valence-electron chi connectivity index (χ4n) is 4.77. The quantitative estimate of drug-likeness (QED) is 0.391. The van der Waals surface area contributed by atoms with Gasteiger partial charge in [0.15, 0.2) is 5.17 Å². The summed E-state index contributed by atoms with van der Waals surface area (Å²) in [5, 5.41) is 14.9. The van der Waals surface area contributed by atoms with Crippen LogP contribution in [-0.4, -0.2) is 68.2 Å². The van der Waals surface area contributed by atoms with Gasteiger partial charge in [-0.15, -0.1) is 0 Å². The van der Waals surface area contributed by atoms with Gasteiger partial charge >= 0.3 is 0 Å². The number of benzene rings is 2. The van der Waals surface area contributed by atoms with Crippen molar-refractivity contribution < 1.29 is 17.6 Å². The molecule has 2 aliphatic heterocycles. The number of hydrogen-bond donors (Lipinski definition) is 3. The van der Waals surface area contributed by atoms with E-state index in [-0.39, 0.29) is 32.9 Å². The maximum absolute atomic E-state index is 13.7. The lowest BCUT2D eigenvalue weighted by atomic mass is 9.99. The molecule has 0 unspecified atom stereocenters. The van der Waals surface area contributed by atoms with Gasteiger partial charge in [0.25, 0.3) is 10.0 Å². The van der Waals surface area contributed by atoms with Gasteiger partial charge in [-0.1, -0.05) is 0 Å². The van der Waals surface area contributed by atoms with Crippen molar-refractivity contribution in [2.75, 3.05) is 42.5 Å². The molecule has 37 heavy (non-hydrogen) atoms. The SMILES string of the molecule is CC(=N)SC(=N)NS(=O)(=O)c1ccc(N2CCN(C(=O)[C@@H](C)N3CCCc4cc(F)ccc43)CC2)cc1. The van der Waals surface area contributed by atoms with Crippen molar-refractivity contribution in [1.29, 1.82) is 10.8 Å². The van der Waals surface area contributed by atoms with Gasteiger partial charge in [-0.3, -0.25) is 20.3 Å². The van der Waals surface area contributed by atoms with Crippen molar-refractivity contribution in [3.8, 4) is 0 Å². The van der Waals surface area contributed by atoms with E-state index in [4.69, 9.17) is 10.8 Å².